The van der Waals surface area contributed by atoms with Crippen molar-refractivity contribution in [2.24, 2.45) is 0 Å². The van der Waals surface area contributed by atoms with Crippen LogP contribution in [0.15, 0.2) is 36.5 Å². The lowest BCUT2D eigenvalue weighted by molar-refractivity contribution is -0.167. The van der Waals surface area contributed by atoms with Crippen LogP contribution < -0.4 is 0 Å². The van der Waals surface area contributed by atoms with Crippen LogP contribution in [0.2, 0.25) is 0 Å². The summed E-state index contributed by atoms with van der Waals surface area (Å²) in [6, 6.07) is 0. The van der Waals surface area contributed by atoms with Crippen molar-refractivity contribution in [1.29, 1.82) is 0 Å². The predicted octanol–water partition coefficient (Wildman–Crippen LogP) is 20.8. The molecule has 0 amide bonds. The molecule has 0 aromatic carbocycles. The Hall–Kier alpha value is -2.37. The summed E-state index contributed by atoms with van der Waals surface area (Å²) in [5.41, 5.74) is 0. The highest BCUT2D eigenvalue weighted by Gasteiger charge is 2.19. The molecule has 0 fully saturated rings. The number of hydrogen-bond acceptors (Lipinski definition) is 6. The molecule has 0 aliphatic carbocycles. The fraction of sp³-hybridized carbons (Fsp3) is 0.859. The first-order valence-electron chi connectivity index (χ1n) is 31.0. The van der Waals surface area contributed by atoms with Crippen molar-refractivity contribution in [3.8, 4) is 0 Å². The van der Waals surface area contributed by atoms with E-state index in [0.29, 0.717) is 19.3 Å². The molecule has 0 radical (unpaired) electrons. The van der Waals surface area contributed by atoms with Crippen LogP contribution >= 0.6 is 0 Å². The number of rotatable bonds is 57. The normalized spacial score (nSPS) is 12.2. The van der Waals surface area contributed by atoms with Crippen LogP contribution in [0.3, 0.4) is 0 Å². The lowest BCUT2D eigenvalue weighted by Gasteiger charge is -2.18. The first kappa shape index (κ1) is 67.6. The summed E-state index contributed by atoms with van der Waals surface area (Å²) in [5, 5.41) is 0. The van der Waals surface area contributed by atoms with Gasteiger partial charge in [0.15, 0.2) is 6.10 Å². The average molecular weight is 984 g/mol. The SMILES string of the molecule is CC/C=C\C/C=C\C/C=C\CCCCCC(=O)OC(COC(=O)CCCCCCCCCCCCC)COC(=O)CCCCCCCCCCCCCCCCCCCCCCCCCCCCCC. The highest BCUT2D eigenvalue weighted by molar-refractivity contribution is 5.71. The van der Waals surface area contributed by atoms with Crippen molar-refractivity contribution in [2.75, 3.05) is 13.2 Å². The van der Waals surface area contributed by atoms with Gasteiger partial charge in [-0.3, -0.25) is 14.4 Å². The Morgan fingerprint density at radius 2 is 0.557 bits per heavy atom. The van der Waals surface area contributed by atoms with E-state index in [4.69, 9.17) is 14.2 Å². The molecule has 0 saturated carbocycles. The molecule has 70 heavy (non-hydrogen) atoms. The van der Waals surface area contributed by atoms with Gasteiger partial charge in [-0.2, -0.15) is 0 Å². The third kappa shape index (κ3) is 56.5. The molecule has 0 aromatic rings. The highest BCUT2D eigenvalue weighted by Crippen LogP contribution is 2.18. The molecule has 0 aliphatic rings. The van der Waals surface area contributed by atoms with Crippen molar-refractivity contribution in [3.05, 3.63) is 36.5 Å². The van der Waals surface area contributed by atoms with E-state index >= 15 is 0 Å². The van der Waals surface area contributed by atoms with E-state index in [-0.39, 0.29) is 31.1 Å². The smallest absolute Gasteiger partial charge is 0.306 e. The standard InChI is InChI=1S/C64H118O6/c1-4-7-10-13-16-19-22-24-25-26-27-28-29-30-31-32-33-34-35-36-37-38-40-42-45-48-51-54-57-63(66)69-60-61(59-68-62(65)56-53-50-47-44-41-21-18-15-12-9-6-3)70-64(67)58-55-52-49-46-43-39-23-20-17-14-11-8-5-2/h8,11,17,20,39,43,61H,4-7,9-10,12-16,18-19,21-38,40-42,44-60H2,1-3H3/b11-8-,20-17-,43-39-. The molecule has 1 atom stereocenters. The number of allylic oxidation sites excluding steroid dienone is 6. The van der Waals surface area contributed by atoms with Gasteiger partial charge in [-0.05, 0) is 51.4 Å². The van der Waals surface area contributed by atoms with Crippen molar-refractivity contribution >= 4 is 17.9 Å². The van der Waals surface area contributed by atoms with Crippen molar-refractivity contribution in [3.63, 3.8) is 0 Å². The van der Waals surface area contributed by atoms with E-state index < -0.39 is 6.10 Å². The topological polar surface area (TPSA) is 78.9 Å². The fourth-order valence-electron chi connectivity index (χ4n) is 9.28. The summed E-state index contributed by atoms with van der Waals surface area (Å²) in [6.07, 6.45) is 71.8. The first-order chi connectivity index (χ1) is 34.5. The van der Waals surface area contributed by atoms with E-state index in [9.17, 15) is 14.4 Å². The van der Waals surface area contributed by atoms with Gasteiger partial charge in [0.2, 0.25) is 0 Å². The van der Waals surface area contributed by atoms with E-state index in [1.54, 1.807) is 0 Å². The number of ether oxygens (including phenoxy) is 3. The summed E-state index contributed by atoms with van der Waals surface area (Å²) >= 11 is 0. The summed E-state index contributed by atoms with van der Waals surface area (Å²) in [5.74, 6) is -0.892. The Morgan fingerprint density at radius 1 is 0.300 bits per heavy atom. The van der Waals surface area contributed by atoms with Gasteiger partial charge < -0.3 is 14.2 Å². The van der Waals surface area contributed by atoms with Crippen LogP contribution in [0.1, 0.15) is 335 Å². The van der Waals surface area contributed by atoms with Gasteiger partial charge in [-0.15, -0.1) is 0 Å². The van der Waals surface area contributed by atoms with Gasteiger partial charge in [0.05, 0.1) is 0 Å². The zero-order valence-corrected chi connectivity index (χ0v) is 47.1. The number of unbranched alkanes of at least 4 members (excludes halogenated alkanes) is 40. The van der Waals surface area contributed by atoms with Crippen LogP contribution in [0.4, 0.5) is 0 Å². The quantitative estimate of drug-likeness (QED) is 0.0261. The van der Waals surface area contributed by atoms with Gasteiger partial charge in [-0.1, -0.05) is 301 Å². The van der Waals surface area contributed by atoms with E-state index in [2.05, 4.69) is 57.2 Å². The molecule has 0 saturated heterocycles. The van der Waals surface area contributed by atoms with Gasteiger partial charge in [0.1, 0.15) is 13.2 Å². The van der Waals surface area contributed by atoms with E-state index in [1.807, 2.05) is 0 Å². The molecular weight excluding hydrogens is 865 g/mol. The Kier molecular flexibility index (Phi) is 57.2. The van der Waals surface area contributed by atoms with Gasteiger partial charge in [-0.25, -0.2) is 0 Å². The lowest BCUT2D eigenvalue weighted by atomic mass is 10.0. The van der Waals surface area contributed by atoms with Crippen molar-refractivity contribution < 1.29 is 28.6 Å². The Balaban J connectivity index is 4.11. The Morgan fingerprint density at radius 3 is 0.871 bits per heavy atom. The molecule has 0 aliphatic heterocycles. The molecule has 0 rings (SSSR count). The van der Waals surface area contributed by atoms with Gasteiger partial charge in [0, 0.05) is 19.3 Å². The van der Waals surface area contributed by atoms with E-state index in [1.165, 1.54) is 212 Å². The molecule has 6 nitrogen and oxygen atoms in total. The number of carbonyl (C=O) groups is 3. The monoisotopic (exact) mass is 983 g/mol. The zero-order valence-electron chi connectivity index (χ0n) is 47.1. The van der Waals surface area contributed by atoms with Crippen LogP contribution in [-0.4, -0.2) is 37.2 Å². The second-order valence-electron chi connectivity index (χ2n) is 21.0. The maximum Gasteiger partial charge on any atom is 0.306 e. The Labute approximate surface area is 435 Å². The fourth-order valence-corrected chi connectivity index (χ4v) is 9.28. The van der Waals surface area contributed by atoms with Crippen molar-refractivity contribution in [2.45, 2.75) is 341 Å². The van der Waals surface area contributed by atoms with Gasteiger partial charge in [0.25, 0.3) is 0 Å². The largest absolute Gasteiger partial charge is 0.462 e. The van der Waals surface area contributed by atoms with Crippen LogP contribution in [0.5, 0.6) is 0 Å². The summed E-state index contributed by atoms with van der Waals surface area (Å²) in [6.45, 7) is 6.54. The summed E-state index contributed by atoms with van der Waals surface area (Å²) in [4.78, 5) is 38.1. The molecule has 1 unspecified atom stereocenters. The number of carbonyl (C=O) groups excluding carboxylic acids is 3. The molecule has 0 aromatic heterocycles. The Bertz CT molecular complexity index is 1170. The minimum atomic E-state index is -0.783. The number of hydrogen-bond donors (Lipinski definition) is 0. The first-order valence-corrected chi connectivity index (χ1v) is 31.0. The zero-order chi connectivity index (χ0) is 50.7. The third-order valence-electron chi connectivity index (χ3n) is 13.9. The molecule has 0 heterocycles. The van der Waals surface area contributed by atoms with Crippen LogP contribution in [0.25, 0.3) is 0 Å². The van der Waals surface area contributed by atoms with E-state index in [0.717, 1.165) is 83.5 Å². The highest BCUT2D eigenvalue weighted by atomic mass is 16.6. The molecule has 0 bridgehead atoms. The maximum atomic E-state index is 12.8. The lowest BCUT2D eigenvalue weighted by Crippen LogP contribution is -2.30. The van der Waals surface area contributed by atoms with Gasteiger partial charge >= 0.3 is 17.9 Å². The average Bonchev–Trinajstić information content (AvgIpc) is 3.36. The molecule has 410 valence electrons. The molecule has 0 spiro atoms. The molecule has 0 N–H and O–H groups in total. The molecular formula is C64H118O6. The molecule has 6 heteroatoms. The summed E-state index contributed by atoms with van der Waals surface area (Å²) in [7, 11) is 0. The number of esters is 3. The summed E-state index contributed by atoms with van der Waals surface area (Å²) < 4.78 is 16.8. The van der Waals surface area contributed by atoms with Crippen molar-refractivity contribution in [1.82, 2.24) is 0 Å². The predicted molar refractivity (Wildman–Crippen MR) is 302 cm³/mol. The minimum absolute atomic E-state index is 0.0794. The van der Waals surface area contributed by atoms with Crippen LogP contribution in [0, 0.1) is 0 Å². The minimum Gasteiger partial charge on any atom is -0.462 e. The second kappa shape index (κ2) is 59.2. The third-order valence-corrected chi connectivity index (χ3v) is 13.9. The van der Waals surface area contributed by atoms with Crippen LogP contribution in [-0.2, 0) is 28.6 Å². The maximum absolute atomic E-state index is 12.8. The second-order valence-corrected chi connectivity index (χ2v) is 21.0.